The molecule has 0 aromatic carbocycles. The minimum Gasteiger partial charge on any atom is -0.388 e. The maximum absolute atomic E-state index is 12.2. The highest BCUT2D eigenvalue weighted by Crippen LogP contribution is 2.34. The number of hydrogen-bond donors (Lipinski definition) is 0. The number of hydrogen-bond acceptors (Lipinski definition) is 5. The molecule has 2 aromatic rings. The Morgan fingerprint density at radius 2 is 2.00 bits per heavy atom. The van der Waals surface area contributed by atoms with Gasteiger partial charge in [-0.3, -0.25) is 0 Å². The highest BCUT2D eigenvalue weighted by molar-refractivity contribution is 7.18. The van der Waals surface area contributed by atoms with Gasteiger partial charge in [0, 0.05) is 18.0 Å². The molecule has 0 unspecified atom stereocenters. The molecule has 3 rings (SSSR count). The smallest absolute Gasteiger partial charge is 0.349 e. The number of aryl methyl sites for hydroxylation is 2. The van der Waals surface area contributed by atoms with E-state index >= 15 is 0 Å². The van der Waals surface area contributed by atoms with Crippen molar-refractivity contribution in [3.05, 3.63) is 20.9 Å². The van der Waals surface area contributed by atoms with E-state index in [1.807, 2.05) is 18.7 Å². The third-order valence-corrected chi connectivity index (χ3v) is 4.96. The highest BCUT2D eigenvalue weighted by atomic mass is 32.1. The predicted molar refractivity (Wildman–Crippen MR) is 78.4 cm³/mol. The summed E-state index contributed by atoms with van der Waals surface area (Å²) in [5.41, 5.74) is 0.977. The summed E-state index contributed by atoms with van der Waals surface area (Å²) in [4.78, 5) is 21.0. The molecule has 2 heterocycles. The van der Waals surface area contributed by atoms with Gasteiger partial charge in [-0.15, -0.1) is 11.3 Å². The maximum atomic E-state index is 12.2. The Hall–Kier alpha value is -1.36. The van der Waals surface area contributed by atoms with Gasteiger partial charge in [0.25, 0.3) is 0 Å². The van der Waals surface area contributed by atoms with Crippen LogP contribution in [-0.2, 0) is 12.8 Å². The van der Waals surface area contributed by atoms with Crippen molar-refractivity contribution in [1.29, 1.82) is 0 Å². The van der Waals surface area contributed by atoms with Crippen molar-refractivity contribution >= 4 is 27.6 Å². The number of fused-ring (bicyclic) bond motifs is 3. The quantitative estimate of drug-likeness (QED) is 0.866. The van der Waals surface area contributed by atoms with Gasteiger partial charge in [-0.2, -0.15) is 4.98 Å². The molecule has 0 N–H and O–H groups in total. The first kappa shape index (κ1) is 12.7. The lowest BCUT2D eigenvalue weighted by molar-refractivity contribution is 0.490. The third-order valence-electron chi connectivity index (χ3n) is 3.77. The van der Waals surface area contributed by atoms with Crippen molar-refractivity contribution < 1.29 is 4.42 Å². The van der Waals surface area contributed by atoms with Crippen molar-refractivity contribution in [1.82, 2.24) is 4.98 Å². The highest BCUT2D eigenvalue weighted by Gasteiger charge is 2.21. The van der Waals surface area contributed by atoms with Crippen LogP contribution in [0.15, 0.2) is 9.21 Å². The van der Waals surface area contributed by atoms with E-state index in [9.17, 15) is 4.79 Å². The van der Waals surface area contributed by atoms with Gasteiger partial charge in [-0.25, -0.2) is 4.79 Å². The number of anilines is 1. The fourth-order valence-electron chi connectivity index (χ4n) is 2.71. The second-order valence-electron chi connectivity index (χ2n) is 4.85. The summed E-state index contributed by atoms with van der Waals surface area (Å²) in [6, 6.07) is 0.459. The Labute approximate surface area is 116 Å². The molecule has 2 aromatic heterocycles. The summed E-state index contributed by atoms with van der Waals surface area (Å²) in [6.07, 6.45) is 4.45. The third kappa shape index (κ3) is 2.06. The first-order valence-electron chi connectivity index (χ1n) is 6.95. The summed E-state index contributed by atoms with van der Waals surface area (Å²) >= 11 is 1.67. The Bertz CT molecular complexity index is 655. The van der Waals surface area contributed by atoms with E-state index in [1.165, 1.54) is 16.9 Å². The van der Waals surface area contributed by atoms with Gasteiger partial charge < -0.3 is 9.32 Å². The Morgan fingerprint density at radius 1 is 1.26 bits per heavy atom. The molecule has 1 aliphatic carbocycles. The largest absolute Gasteiger partial charge is 0.388 e. The van der Waals surface area contributed by atoms with Crippen LogP contribution in [0.2, 0.25) is 0 Å². The molecule has 0 saturated carbocycles. The molecule has 0 atom stereocenters. The number of thiophene rings is 1. The number of aromatic nitrogens is 1. The van der Waals surface area contributed by atoms with Crippen LogP contribution in [0.3, 0.4) is 0 Å². The second-order valence-corrected chi connectivity index (χ2v) is 5.93. The average molecular weight is 278 g/mol. The molecule has 0 aliphatic heterocycles. The molecule has 102 valence electrons. The van der Waals surface area contributed by atoms with Crippen molar-refractivity contribution in [2.45, 2.75) is 39.5 Å². The second kappa shape index (κ2) is 4.96. The van der Waals surface area contributed by atoms with E-state index in [1.54, 1.807) is 11.3 Å². The van der Waals surface area contributed by atoms with E-state index < -0.39 is 0 Å². The van der Waals surface area contributed by atoms with E-state index in [0.717, 1.165) is 42.6 Å². The molecule has 0 bridgehead atoms. The first-order chi connectivity index (χ1) is 9.24. The van der Waals surface area contributed by atoms with Gasteiger partial charge in [0.2, 0.25) is 0 Å². The summed E-state index contributed by atoms with van der Waals surface area (Å²) in [5, 5.41) is 0.732. The van der Waals surface area contributed by atoms with E-state index in [4.69, 9.17) is 4.42 Å². The lowest BCUT2D eigenvalue weighted by Crippen LogP contribution is -2.24. The van der Waals surface area contributed by atoms with Gasteiger partial charge in [-0.05, 0) is 45.1 Å². The SMILES string of the molecule is CCN(CC)c1nc2sc3c(c2c(=O)o1)CCCC3. The molecule has 0 fully saturated rings. The normalized spacial score (nSPS) is 14.6. The molecular weight excluding hydrogens is 260 g/mol. The van der Waals surface area contributed by atoms with Gasteiger partial charge in [0.05, 0.1) is 0 Å². The van der Waals surface area contributed by atoms with Crippen molar-refractivity contribution in [3.8, 4) is 0 Å². The summed E-state index contributed by atoms with van der Waals surface area (Å²) in [6.45, 7) is 5.66. The molecule has 0 radical (unpaired) electrons. The molecular formula is C14H18N2O2S. The van der Waals surface area contributed by atoms with Gasteiger partial charge in [0.15, 0.2) is 0 Å². The topological polar surface area (TPSA) is 46.3 Å². The fourth-order valence-corrected chi connectivity index (χ4v) is 3.95. The average Bonchev–Trinajstić information content (AvgIpc) is 2.78. The van der Waals surface area contributed by atoms with Crippen LogP contribution in [0.5, 0.6) is 0 Å². The van der Waals surface area contributed by atoms with Crippen LogP contribution in [0.1, 0.15) is 37.1 Å². The van der Waals surface area contributed by atoms with Crippen molar-refractivity contribution in [2.75, 3.05) is 18.0 Å². The van der Waals surface area contributed by atoms with Gasteiger partial charge in [0.1, 0.15) is 10.2 Å². The molecule has 0 amide bonds. The zero-order valence-corrected chi connectivity index (χ0v) is 12.2. The molecule has 19 heavy (non-hydrogen) atoms. The summed E-state index contributed by atoms with van der Waals surface area (Å²) in [5.74, 6) is 0. The fraction of sp³-hybridized carbons (Fsp3) is 0.571. The zero-order chi connectivity index (χ0) is 13.4. The monoisotopic (exact) mass is 278 g/mol. The molecule has 0 spiro atoms. The van der Waals surface area contributed by atoms with Crippen molar-refractivity contribution in [2.24, 2.45) is 0 Å². The minimum absolute atomic E-state index is 0.216. The lowest BCUT2D eigenvalue weighted by Gasteiger charge is -2.16. The van der Waals surface area contributed by atoms with Crippen molar-refractivity contribution in [3.63, 3.8) is 0 Å². The number of nitrogens with zero attached hydrogens (tertiary/aromatic N) is 2. The molecule has 5 heteroatoms. The van der Waals surface area contributed by atoms with Crippen LogP contribution >= 0.6 is 11.3 Å². The van der Waals surface area contributed by atoms with Crippen LogP contribution in [0, 0.1) is 0 Å². The summed E-state index contributed by atoms with van der Waals surface area (Å²) < 4.78 is 5.42. The van der Waals surface area contributed by atoms with Crippen LogP contribution < -0.4 is 10.5 Å². The predicted octanol–water partition coefficient (Wildman–Crippen LogP) is 2.97. The molecule has 1 aliphatic rings. The lowest BCUT2D eigenvalue weighted by atomic mass is 9.97. The summed E-state index contributed by atoms with van der Waals surface area (Å²) in [7, 11) is 0. The van der Waals surface area contributed by atoms with E-state index in [-0.39, 0.29) is 5.63 Å². The maximum Gasteiger partial charge on any atom is 0.349 e. The Kier molecular flexibility index (Phi) is 3.31. The number of rotatable bonds is 3. The Balaban J connectivity index is 2.19. The first-order valence-corrected chi connectivity index (χ1v) is 7.76. The minimum atomic E-state index is -0.216. The zero-order valence-electron chi connectivity index (χ0n) is 11.4. The standard InChI is InChI=1S/C14H18N2O2S/c1-3-16(4-2)14-15-12-11(13(17)18-14)9-7-5-6-8-10(9)19-12/h3-8H2,1-2H3. The van der Waals surface area contributed by atoms with Gasteiger partial charge >= 0.3 is 11.6 Å². The van der Waals surface area contributed by atoms with E-state index in [0.29, 0.717) is 6.01 Å². The Morgan fingerprint density at radius 3 is 2.74 bits per heavy atom. The molecule has 0 saturated heterocycles. The van der Waals surface area contributed by atoms with Gasteiger partial charge in [-0.1, -0.05) is 0 Å². The van der Waals surface area contributed by atoms with Crippen LogP contribution in [-0.4, -0.2) is 18.1 Å². The van der Waals surface area contributed by atoms with Crippen LogP contribution in [0.4, 0.5) is 6.01 Å². The van der Waals surface area contributed by atoms with Crippen LogP contribution in [0.25, 0.3) is 10.2 Å². The van der Waals surface area contributed by atoms with E-state index in [2.05, 4.69) is 4.98 Å². The molecule has 4 nitrogen and oxygen atoms in total.